The Morgan fingerprint density at radius 3 is 3.05 bits per heavy atom. The molecule has 102 valence electrons. The van der Waals surface area contributed by atoms with Gasteiger partial charge in [-0.3, -0.25) is 0 Å². The zero-order valence-corrected chi connectivity index (χ0v) is 11.5. The van der Waals surface area contributed by atoms with Gasteiger partial charge in [0, 0.05) is 11.3 Å². The van der Waals surface area contributed by atoms with Crippen molar-refractivity contribution in [2.75, 3.05) is 6.54 Å². The molecule has 2 N–H and O–H groups in total. The molecule has 4 nitrogen and oxygen atoms in total. The van der Waals surface area contributed by atoms with Crippen LogP contribution in [0.4, 0.5) is 4.39 Å². The molecule has 0 spiro atoms. The van der Waals surface area contributed by atoms with E-state index in [1.807, 2.05) is 13.0 Å². The van der Waals surface area contributed by atoms with Gasteiger partial charge in [-0.1, -0.05) is 18.1 Å². The number of aromatic nitrogens is 2. The van der Waals surface area contributed by atoms with Crippen LogP contribution in [0.25, 0.3) is 0 Å². The summed E-state index contributed by atoms with van der Waals surface area (Å²) in [7, 11) is 0. The summed E-state index contributed by atoms with van der Waals surface area (Å²) in [5.41, 5.74) is 5.55. The number of rotatable bonds is 6. The lowest BCUT2D eigenvalue weighted by Crippen LogP contribution is -2.13. The lowest BCUT2D eigenvalue weighted by Gasteiger charge is -2.01. The van der Waals surface area contributed by atoms with E-state index in [2.05, 4.69) is 10.1 Å². The third kappa shape index (κ3) is 4.33. The summed E-state index contributed by atoms with van der Waals surface area (Å²) in [6.07, 6.45) is 0.689. The summed E-state index contributed by atoms with van der Waals surface area (Å²) in [5.74, 6) is 1.87. The Morgan fingerprint density at radius 2 is 2.32 bits per heavy atom. The molecule has 2 rings (SSSR count). The first kappa shape index (κ1) is 14.0. The van der Waals surface area contributed by atoms with Gasteiger partial charge in [-0.25, -0.2) is 4.39 Å². The molecule has 0 fully saturated rings. The summed E-state index contributed by atoms with van der Waals surface area (Å²) in [4.78, 5) is 5.14. The van der Waals surface area contributed by atoms with Crippen molar-refractivity contribution in [3.8, 4) is 0 Å². The number of benzene rings is 1. The molecule has 0 aliphatic heterocycles. The van der Waals surface area contributed by atoms with Crippen molar-refractivity contribution >= 4 is 11.8 Å². The molecule has 6 heteroatoms. The van der Waals surface area contributed by atoms with Crippen LogP contribution in [0.15, 0.2) is 33.7 Å². The quantitative estimate of drug-likeness (QED) is 0.825. The highest BCUT2D eigenvalue weighted by Gasteiger charge is 2.10. The second-order valence-electron chi connectivity index (χ2n) is 4.40. The van der Waals surface area contributed by atoms with Gasteiger partial charge in [0.25, 0.3) is 0 Å². The van der Waals surface area contributed by atoms with Crippen LogP contribution >= 0.6 is 11.8 Å². The zero-order valence-electron chi connectivity index (χ0n) is 10.7. The summed E-state index contributed by atoms with van der Waals surface area (Å²) in [6.45, 7) is 2.63. The monoisotopic (exact) mass is 281 g/mol. The third-order valence-corrected chi connectivity index (χ3v) is 3.59. The molecule has 0 saturated carbocycles. The highest BCUT2D eigenvalue weighted by Crippen LogP contribution is 2.22. The Hall–Kier alpha value is -1.40. The predicted octanol–water partition coefficient (Wildman–Crippen LogP) is 2.64. The highest BCUT2D eigenvalue weighted by molar-refractivity contribution is 7.98. The van der Waals surface area contributed by atoms with Gasteiger partial charge in [0.15, 0.2) is 5.82 Å². The highest BCUT2D eigenvalue weighted by atomic mass is 32.2. The van der Waals surface area contributed by atoms with Crippen LogP contribution in [0.3, 0.4) is 0 Å². The number of hydrogen-bond acceptors (Lipinski definition) is 5. The van der Waals surface area contributed by atoms with E-state index in [4.69, 9.17) is 10.3 Å². The molecule has 0 bridgehead atoms. The minimum atomic E-state index is -0.240. The summed E-state index contributed by atoms with van der Waals surface area (Å²) in [6, 6.07) is 6.44. The van der Waals surface area contributed by atoms with Gasteiger partial charge in [0.2, 0.25) is 5.89 Å². The summed E-state index contributed by atoms with van der Waals surface area (Å²) in [5, 5.41) is 3.90. The van der Waals surface area contributed by atoms with E-state index < -0.39 is 0 Å². The van der Waals surface area contributed by atoms with Crippen LogP contribution < -0.4 is 5.73 Å². The Balaban J connectivity index is 1.90. The molecule has 1 atom stereocenters. The van der Waals surface area contributed by atoms with Crippen LogP contribution in [0.1, 0.15) is 18.6 Å². The van der Waals surface area contributed by atoms with E-state index in [1.54, 1.807) is 6.07 Å². The van der Waals surface area contributed by atoms with E-state index in [9.17, 15) is 4.39 Å². The van der Waals surface area contributed by atoms with Crippen molar-refractivity contribution < 1.29 is 8.91 Å². The first-order chi connectivity index (χ1) is 9.17. The Kier molecular flexibility index (Phi) is 4.93. The fraction of sp³-hybridized carbons (Fsp3) is 0.385. The zero-order chi connectivity index (χ0) is 13.7. The van der Waals surface area contributed by atoms with Gasteiger partial charge >= 0.3 is 0 Å². The molecule has 0 radical (unpaired) electrons. The molecule has 1 heterocycles. The van der Waals surface area contributed by atoms with Gasteiger partial charge in [0.1, 0.15) is 5.82 Å². The van der Waals surface area contributed by atoms with Gasteiger partial charge in [-0.05, 0) is 30.7 Å². The molecule has 0 aliphatic carbocycles. The average Bonchev–Trinajstić information content (AvgIpc) is 2.84. The van der Waals surface area contributed by atoms with E-state index in [-0.39, 0.29) is 5.82 Å². The predicted molar refractivity (Wildman–Crippen MR) is 72.2 cm³/mol. The SMILES string of the molecule is CC(CN)Cc1nc(CSc2cccc(F)c2)no1. The standard InChI is InChI=1S/C13H16FN3OS/c1-9(7-15)5-13-16-12(17-18-13)8-19-11-4-2-3-10(14)6-11/h2-4,6,9H,5,7-8,15H2,1H3. The van der Waals surface area contributed by atoms with E-state index in [0.717, 1.165) is 4.90 Å². The second kappa shape index (κ2) is 6.68. The van der Waals surface area contributed by atoms with Crippen LogP contribution in [0.2, 0.25) is 0 Å². The average molecular weight is 281 g/mol. The molecule has 1 aromatic heterocycles. The van der Waals surface area contributed by atoms with E-state index >= 15 is 0 Å². The molecular weight excluding hydrogens is 265 g/mol. The van der Waals surface area contributed by atoms with Crippen molar-refractivity contribution in [1.82, 2.24) is 10.1 Å². The third-order valence-electron chi connectivity index (χ3n) is 2.60. The summed E-state index contributed by atoms with van der Waals surface area (Å²) >= 11 is 1.48. The largest absolute Gasteiger partial charge is 0.339 e. The lowest BCUT2D eigenvalue weighted by molar-refractivity contribution is 0.356. The lowest BCUT2D eigenvalue weighted by atomic mass is 10.1. The number of nitrogens with two attached hydrogens (primary N) is 1. The molecular formula is C13H16FN3OS. The minimum Gasteiger partial charge on any atom is -0.339 e. The maximum absolute atomic E-state index is 13.0. The topological polar surface area (TPSA) is 64.9 Å². The Labute approximate surface area is 115 Å². The van der Waals surface area contributed by atoms with Crippen molar-refractivity contribution in [2.45, 2.75) is 24.0 Å². The molecule has 0 aliphatic rings. The number of halogens is 1. The van der Waals surface area contributed by atoms with Gasteiger partial charge < -0.3 is 10.3 Å². The van der Waals surface area contributed by atoms with Crippen LogP contribution in [-0.2, 0) is 12.2 Å². The first-order valence-electron chi connectivity index (χ1n) is 6.07. The van der Waals surface area contributed by atoms with Gasteiger partial charge in [-0.2, -0.15) is 4.98 Å². The van der Waals surface area contributed by atoms with E-state index in [0.29, 0.717) is 36.4 Å². The van der Waals surface area contributed by atoms with Crippen molar-refractivity contribution in [1.29, 1.82) is 0 Å². The van der Waals surface area contributed by atoms with Crippen LogP contribution in [0.5, 0.6) is 0 Å². The maximum atomic E-state index is 13.0. The molecule has 1 unspecified atom stereocenters. The van der Waals surface area contributed by atoms with Crippen molar-refractivity contribution in [3.05, 3.63) is 41.8 Å². The number of nitrogens with zero attached hydrogens (tertiary/aromatic N) is 2. The first-order valence-corrected chi connectivity index (χ1v) is 7.06. The van der Waals surface area contributed by atoms with E-state index in [1.165, 1.54) is 23.9 Å². The van der Waals surface area contributed by atoms with Crippen molar-refractivity contribution in [2.24, 2.45) is 11.7 Å². The molecule has 2 aromatic rings. The van der Waals surface area contributed by atoms with Crippen LogP contribution in [-0.4, -0.2) is 16.7 Å². The fourth-order valence-electron chi connectivity index (χ4n) is 1.52. The Bertz CT molecular complexity index is 532. The molecule has 0 saturated heterocycles. The smallest absolute Gasteiger partial charge is 0.226 e. The van der Waals surface area contributed by atoms with Gasteiger partial charge in [-0.15, -0.1) is 11.8 Å². The van der Waals surface area contributed by atoms with Crippen LogP contribution in [0, 0.1) is 11.7 Å². The van der Waals surface area contributed by atoms with Crippen molar-refractivity contribution in [3.63, 3.8) is 0 Å². The fourth-order valence-corrected chi connectivity index (χ4v) is 2.30. The summed E-state index contributed by atoms with van der Waals surface area (Å²) < 4.78 is 18.1. The number of hydrogen-bond donors (Lipinski definition) is 1. The van der Waals surface area contributed by atoms with Gasteiger partial charge in [0.05, 0.1) is 5.75 Å². The number of thioether (sulfide) groups is 1. The molecule has 19 heavy (non-hydrogen) atoms. The normalized spacial score (nSPS) is 12.6. The molecule has 0 amide bonds. The Morgan fingerprint density at radius 1 is 1.47 bits per heavy atom. The molecule has 1 aromatic carbocycles. The second-order valence-corrected chi connectivity index (χ2v) is 5.44. The maximum Gasteiger partial charge on any atom is 0.226 e. The minimum absolute atomic E-state index is 0.240.